The molecule has 18 heavy (non-hydrogen) atoms. The largest absolute Gasteiger partial charge is 0.486 e. The Labute approximate surface area is 105 Å². The summed E-state index contributed by atoms with van der Waals surface area (Å²) in [5, 5.41) is 18.6. The van der Waals surface area contributed by atoms with E-state index in [1.54, 1.807) is 6.07 Å². The number of aromatic carboxylic acids is 1. The van der Waals surface area contributed by atoms with Crippen LogP contribution in [0.3, 0.4) is 0 Å². The maximum Gasteiger partial charge on any atom is 0.354 e. The first kappa shape index (κ1) is 12.8. The molecule has 0 amide bonds. The Kier molecular flexibility index (Phi) is 4.15. The summed E-state index contributed by atoms with van der Waals surface area (Å²) in [6, 6.07) is 2.98. The van der Waals surface area contributed by atoms with Gasteiger partial charge in [0, 0.05) is 0 Å². The van der Waals surface area contributed by atoms with Crippen molar-refractivity contribution in [3.8, 4) is 5.75 Å². The summed E-state index contributed by atoms with van der Waals surface area (Å²) >= 11 is 0. The van der Waals surface area contributed by atoms with Crippen LogP contribution >= 0.6 is 0 Å². The van der Waals surface area contributed by atoms with E-state index < -0.39 is 12.1 Å². The third-order valence-corrected chi connectivity index (χ3v) is 3.16. The predicted octanol–water partition coefficient (Wildman–Crippen LogP) is 1.85. The van der Waals surface area contributed by atoms with Crippen LogP contribution in [0.15, 0.2) is 18.3 Å². The summed E-state index contributed by atoms with van der Waals surface area (Å²) in [7, 11) is 0. The Morgan fingerprint density at radius 3 is 2.72 bits per heavy atom. The second-order valence-corrected chi connectivity index (χ2v) is 4.55. The zero-order valence-corrected chi connectivity index (χ0v) is 10.1. The Morgan fingerprint density at radius 1 is 1.28 bits per heavy atom. The van der Waals surface area contributed by atoms with E-state index in [0.29, 0.717) is 5.75 Å². The number of rotatable bonds is 3. The van der Waals surface area contributed by atoms with Crippen LogP contribution < -0.4 is 4.74 Å². The predicted molar refractivity (Wildman–Crippen MR) is 64.7 cm³/mol. The minimum Gasteiger partial charge on any atom is -0.486 e. The van der Waals surface area contributed by atoms with E-state index >= 15 is 0 Å². The molecule has 1 heterocycles. The molecule has 98 valence electrons. The molecule has 5 heteroatoms. The van der Waals surface area contributed by atoms with Crippen molar-refractivity contribution in [1.29, 1.82) is 0 Å². The van der Waals surface area contributed by atoms with E-state index in [4.69, 9.17) is 9.84 Å². The van der Waals surface area contributed by atoms with Crippen LogP contribution in [0.2, 0.25) is 0 Å². The number of nitrogens with zero attached hydrogens (tertiary/aromatic N) is 1. The van der Waals surface area contributed by atoms with Crippen LogP contribution in [0.1, 0.15) is 42.6 Å². The molecule has 1 aromatic rings. The molecule has 0 aliphatic heterocycles. The Bertz CT molecular complexity index is 404. The average Bonchev–Trinajstić information content (AvgIpc) is 2.56. The molecule has 1 aliphatic carbocycles. The summed E-state index contributed by atoms with van der Waals surface area (Å²) in [5.41, 5.74) is -0.0104. The van der Waals surface area contributed by atoms with E-state index in [1.165, 1.54) is 12.3 Å². The summed E-state index contributed by atoms with van der Waals surface area (Å²) in [6.07, 6.45) is 5.48. The van der Waals surface area contributed by atoms with Crippen molar-refractivity contribution in [2.75, 3.05) is 0 Å². The number of aliphatic hydroxyl groups excluding tert-OH is 1. The van der Waals surface area contributed by atoms with Crippen molar-refractivity contribution >= 4 is 5.97 Å². The lowest BCUT2D eigenvalue weighted by Gasteiger charge is -2.21. The van der Waals surface area contributed by atoms with E-state index in [-0.39, 0.29) is 11.8 Å². The van der Waals surface area contributed by atoms with Gasteiger partial charge in [-0.1, -0.05) is 12.8 Å². The van der Waals surface area contributed by atoms with E-state index in [2.05, 4.69) is 4.98 Å². The highest BCUT2D eigenvalue weighted by molar-refractivity contribution is 5.85. The zero-order valence-electron chi connectivity index (χ0n) is 10.1. The molecule has 1 aromatic heterocycles. The quantitative estimate of drug-likeness (QED) is 0.801. The smallest absolute Gasteiger partial charge is 0.354 e. The van der Waals surface area contributed by atoms with Gasteiger partial charge >= 0.3 is 5.97 Å². The first-order chi connectivity index (χ1) is 8.66. The molecular weight excluding hydrogens is 234 g/mol. The lowest BCUT2D eigenvalue weighted by molar-refractivity contribution is 0.0317. The molecule has 0 spiro atoms. The standard InChI is InChI=1S/C13H17NO4/c15-11-4-2-1-3-5-12(11)18-9-6-7-10(13(16)17)14-8-9/h6-8,11-12,15H,1-5H2,(H,16,17). The fourth-order valence-corrected chi connectivity index (χ4v) is 2.14. The third kappa shape index (κ3) is 3.20. The highest BCUT2D eigenvalue weighted by Crippen LogP contribution is 2.22. The fraction of sp³-hybridized carbons (Fsp3) is 0.538. The number of aliphatic hydroxyl groups is 1. The Morgan fingerprint density at radius 2 is 2.06 bits per heavy atom. The number of carboxylic acid groups (broad SMARTS) is 1. The average molecular weight is 251 g/mol. The number of pyridine rings is 1. The van der Waals surface area contributed by atoms with Crippen molar-refractivity contribution in [1.82, 2.24) is 4.98 Å². The van der Waals surface area contributed by atoms with Crippen LogP contribution in [0.5, 0.6) is 5.75 Å². The summed E-state index contributed by atoms with van der Waals surface area (Å²) in [6.45, 7) is 0. The molecule has 1 fully saturated rings. The lowest BCUT2D eigenvalue weighted by atomic mass is 10.1. The van der Waals surface area contributed by atoms with E-state index in [0.717, 1.165) is 32.1 Å². The molecule has 2 atom stereocenters. The second-order valence-electron chi connectivity index (χ2n) is 4.55. The molecular formula is C13H17NO4. The second kappa shape index (κ2) is 5.82. The zero-order chi connectivity index (χ0) is 13.0. The van der Waals surface area contributed by atoms with Gasteiger partial charge in [-0.05, 0) is 31.4 Å². The van der Waals surface area contributed by atoms with Gasteiger partial charge in [-0.25, -0.2) is 9.78 Å². The SMILES string of the molecule is O=C(O)c1ccc(OC2CCCCCC2O)cn1. The van der Waals surface area contributed by atoms with Crippen LogP contribution in [-0.4, -0.2) is 33.4 Å². The monoisotopic (exact) mass is 251 g/mol. The molecule has 2 rings (SSSR count). The van der Waals surface area contributed by atoms with Gasteiger partial charge in [-0.2, -0.15) is 0 Å². The maximum absolute atomic E-state index is 10.7. The number of hydrogen-bond acceptors (Lipinski definition) is 4. The van der Waals surface area contributed by atoms with Crippen LogP contribution in [0, 0.1) is 0 Å². The highest BCUT2D eigenvalue weighted by Gasteiger charge is 2.23. The molecule has 5 nitrogen and oxygen atoms in total. The molecule has 0 aromatic carbocycles. The van der Waals surface area contributed by atoms with Gasteiger partial charge in [-0.15, -0.1) is 0 Å². The first-order valence-corrected chi connectivity index (χ1v) is 6.21. The van der Waals surface area contributed by atoms with Crippen molar-refractivity contribution in [3.05, 3.63) is 24.0 Å². The first-order valence-electron chi connectivity index (χ1n) is 6.21. The van der Waals surface area contributed by atoms with Gasteiger partial charge in [0.15, 0.2) is 0 Å². The molecule has 0 saturated heterocycles. The van der Waals surface area contributed by atoms with Gasteiger partial charge in [0.1, 0.15) is 17.5 Å². The minimum atomic E-state index is -1.06. The van der Waals surface area contributed by atoms with Crippen LogP contribution in [0.25, 0.3) is 0 Å². The summed E-state index contributed by atoms with van der Waals surface area (Å²) in [4.78, 5) is 14.4. The Hall–Kier alpha value is -1.62. The van der Waals surface area contributed by atoms with Crippen molar-refractivity contribution in [2.45, 2.75) is 44.3 Å². The van der Waals surface area contributed by atoms with Gasteiger partial charge in [0.2, 0.25) is 0 Å². The van der Waals surface area contributed by atoms with Crippen molar-refractivity contribution in [2.24, 2.45) is 0 Å². The molecule has 1 saturated carbocycles. The van der Waals surface area contributed by atoms with Gasteiger partial charge in [0.05, 0.1) is 12.3 Å². The maximum atomic E-state index is 10.7. The van der Waals surface area contributed by atoms with Gasteiger partial charge in [-0.3, -0.25) is 0 Å². The number of carboxylic acids is 1. The number of ether oxygens (including phenoxy) is 1. The molecule has 0 bridgehead atoms. The lowest BCUT2D eigenvalue weighted by Crippen LogP contribution is -2.30. The molecule has 2 unspecified atom stereocenters. The minimum absolute atomic E-state index is 0.0104. The van der Waals surface area contributed by atoms with Crippen LogP contribution in [0.4, 0.5) is 0 Å². The van der Waals surface area contributed by atoms with Crippen LogP contribution in [-0.2, 0) is 0 Å². The van der Waals surface area contributed by atoms with E-state index in [1.807, 2.05) is 0 Å². The van der Waals surface area contributed by atoms with Gasteiger partial charge in [0.25, 0.3) is 0 Å². The summed E-state index contributed by atoms with van der Waals surface area (Å²) in [5.74, 6) is -0.554. The number of carbonyl (C=O) groups is 1. The number of aromatic nitrogens is 1. The number of hydrogen-bond donors (Lipinski definition) is 2. The van der Waals surface area contributed by atoms with Gasteiger partial charge < -0.3 is 14.9 Å². The van der Waals surface area contributed by atoms with E-state index in [9.17, 15) is 9.90 Å². The summed E-state index contributed by atoms with van der Waals surface area (Å²) < 4.78 is 5.68. The Balaban J connectivity index is 2.01. The molecule has 0 radical (unpaired) electrons. The highest BCUT2D eigenvalue weighted by atomic mass is 16.5. The third-order valence-electron chi connectivity index (χ3n) is 3.16. The fourth-order valence-electron chi connectivity index (χ4n) is 2.14. The topological polar surface area (TPSA) is 79.7 Å². The van der Waals surface area contributed by atoms with Crippen molar-refractivity contribution < 1.29 is 19.7 Å². The molecule has 2 N–H and O–H groups in total. The van der Waals surface area contributed by atoms with Crippen molar-refractivity contribution in [3.63, 3.8) is 0 Å². The normalized spacial score (nSPS) is 24.3. The molecule has 1 aliphatic rings.